The van der Waals surface area contributed by atoms with E-state index in [9.17, 15) is 9.90 Å². The van der Waals surface area contributed by atoms with Crippen molar-refractivity contribution in [2.45, 2.75) is 19.6 Å². The first kappa shape index (κ1) is 24.4. The number of nitrogens with zero attached hydrogens (tertiary/aromatic N) is 1. The molecule has 0 aliphatic carbocycles. The van der Waals surface area contributed by atoms with Crippen LogP contribution in [-0.4, -0.2) is 23.8 Å². The van der Waals surface area contributed by atoms with Crippen LogP contribution in [-0.2, 0) is 11.4 Å². The number of amides is 1. The minimum absolute atomic E-state index is 0.376. The molecule has 0 radical (unpaired) electrons. The van der Waals surface area contributed by atoms with Crippen molar-refractivity contribution in [3.8, 4) is 11.5 Å². The molecule has 4 aromatic carbocycles. The Morgan fingerprint density at radius 2 is 1.77 bits per heavy atom. The van der Waals surface area contributed by atoms with Crippen LogP contribution in [0.15, 0.2) is 94.5 Å². The highest BCUT2D eigenvalue weighted by Crippen LogP contribution is 2.37. The first-order chi connectivity index (χ1) is 17.1. The van der Waals surface area contributed by atoms with Crippen molar-refractivity contribution >= 4 is 38.8 Å². The van der Waals surface area contributed by atoms with E-state index in [-0.39, 0.29) is 0 Å². The van der Waals surface area contributed by atoms with Gasteiger partial charge in [-0.2, -0.15) is 5.10 Å². The molecule has 1 atom stereocenters. The van der Waals surface area contributed by atoms with Gasteiger partial charge in [0.15, 0.2) is 17.6 Å². The first-order valence-electron chi connectivity index (χ1n) is 11.2. The summed E-state index contributed by atoms with van der Waals surface area (Å²) in [6.45, 7) is 2.73. The summed E-state index contributed by atoms with van der Waals surface area (Å²) < 4.78 is 12.7. The van der Waals surface area contributed by atoms with Crippen LogP contribution < -0.4 is 14.9 Å². The highest BCUT2D eigenvalue weighted by molar-refractivity contribution is 9.10. The van der Waals surface area contributed by atoms with Gasteiger partial charge in [0, 0.05) is 0 Å². The van der Waals surface area contributed by atoms with Crippen molar-refractivity contribution in [3.63, 3.8) is 0 Å². The number of hydrogen-bond donors (Lipinski definition) is 2. The Morgan fingerprint density at radius 1 is 1.03 bits per heavy atom. The maximum absolute atomic E-state index is 12.2. The summed E-state index contributed by atoms with van der Waals surface area (Å²) in [7, 11) is 0. The van der Waals surface area contributed by atoms with Crippen LogP contribution in [0, 0.1) is 0 Å². The fourth-order valence-corrected chi connectivity index (χ4v) is 4.23. The molecule has 4 rings (SSSR count). The van der Waals surface area contributed by atoms with Crippen molar-refractivity contribution in [1.29, 1.82) is 0 Å². The number of hydrogen-bond acceptors (Lipinski definition) is 5. The second-order valence-electron chi connectivity index (χ2n) is 7.74. The van der Waals surface area contributed by atoms with Crippen LogP contribution in [0.4, 0.5) is 0 Å². The van der Waals surface area contributed by atoms with Gasteiger partial charge in [-0.1, -0.05) is 72.8 Å². The number of carbonyl (C=O) groups is 1. The van der Waals surface area contributed by atoms with E-state index in [4.69, 9.17) is 9.47 Å². The molecule has 0 unspecified atom stereocenters. The SMILES string of the molecule is CCOc1cc(/C=N\NC(=O)[C@H](O)c2ccccc2)cc(Br)c1OCc1cccc2ccccc12. The highest BCUT2D eigenvalue weighted by Gasteiger charge is 2.16. The number of aliphatic hydroxyl groups is 1. The second kappa shape index (κ2) is 11.6. The van der Waals surface area contributed by atoms with Gasteiger partial charge >= 0.3 is 0 Å². The Morgan fingerprint density at radius 3 is 2.57 bits per heavy atom. The predicted molar refractivity (Wildman–Crippen MR) is 141 cm³/mol. The van der Waals surface area contributed by atoms with Crippen LogP contribution in [0.1, 0.15) is 29.7 Å². The minimum Gasteiger partial charge on any atom is -0.490 e. The Kier molecular flexibility index (Phi) is 8.13. The van der Waals surface area contributed by atoms with Gasteiger partial charge in [0.2, 0.25) is 0 Å². The summed E-state index contributed by atoms with van der Waals surface area (Å²) in [4.78, 5) is 12.2. The lowest BCUT2D eigenvalue weighted by Gasteiger charge is -2.15. The van der Waals surface area contributed by atoms with E-state index >= 15 is 0 Å². The summed E-state index contributed by atoms with van der Waals surface area (Å²) in [6, 6.07) is 26.6. The summed E-state index contributed by atoms with van der Waals surface area (Å²) >= 11 is 3.57. The van der Waals surface area contributed by atoms with E-state index in [1.165, 1.54) is 6.21 Å². The fraction of sp³-hybridized carbons (Fsp3) is 0.143. The standard InChI is InChI=1S/C28H25BrN2O4/c1-2-34-25-16-19(17-30-31-28(33)26(32)21-10-4-3-5-11-21)15-24(29)27(25)35-18-22-13-8-12-20-9-6-7-14-23(20)22/h3-17,26,32H,2,18H2,1H3,(H,31,33)/b30-17-/t26-/m1/s1. The Balaban J connectivity index is 1.48. The molecule has 6 nitrogen and oxygen atoms in total. The van der Waals surface area contributed by atoms with Gasteiger partial charge in [0.1, 0.15) is 6.61 Å². The first-order valence-corrected chi connectivity index (χ1v) is 12.0. The maximum Gasteiger partial charge on any atom is 0.273 e. The molecule has 0 bridgehead atoms. The topological polar surface area (TPSA) is 80.2 Å². The zero-order valence-electron chi connectivity index (χ0n) is 19.1. The third kappa shape index (κ3) is 6.07. The minimum atomic E-state index is -1.30. The van der Waals surface area contributed by atoms with Crippen LogP contribution >= 0.6 is 15.9 Å². The smallest absolute Gasteiger partial charge is 0.273 e. The van der Waals surface area contributed by atoms with Gasteiger partial charge < -0.3 is 14.6 Å². The molecule has 0 saturated heterocycles. The number of hydrazone groups is 1. The van der Waals surface area contributed by atoms with Crippen LogP contribution in [0.2, 0.25) is 0 Å². The van der Waals surface area contributed by atoms with Gasteiger partial charge in [-0.3, -0.25) is 4.79 Å². The number of benzene rings is 4. The summed E-state index contributed by atoms with van der Waals surface area (Å²) in [5.74, 6) is 0.520. The van der Waals surface area contributed by atoms with Gasteiger partial charge in [0.25, 0.3) is 5.91 Å². The fourth-order valence-electron chi connectivity index (χ4n) is 3.65. The Hall–Kier alpha value is -3.68. The Labute approximate surface area is 212 Å². The molecule has 0 aliphatic rings. The molecule has 0 fully saturated rings. The number of rotatable bonds is 9. The van der Waals surface area contributed by atoms with Gasteiger partial charge in [-0.25, -0.2) is 5.43 Å². The quantitative estimate of drug-likeness (QED) is 0.212. The zero-order valence-corrected chi connectivity index (χ0v) is 20.7. The van der Waals surface area contributed by atoms with Gasteiger partial charge in [0.05, 0.1) is 17.3 Å². The molecule has 0 saturated carbocycles. The predicted octanol–water partition coefficient (Wildman–Crippen LogP) is 5.76. The number of ether oxygens (including phenoxy) is 2. The van der Waals surface area contributed by atoms with Crippen molar-refractivity contribution in [3.05, 3.63) is 106 Å². The third-order valence-corrected chi connectivity index (χ3v) is 5.92. The molecule has 2 N–H and O–H groups in total. The number of aliphatic hydroxyl groups excluding tert-OH is 1. The summed E-state index contributed by atoms with van der Waals surface area (Å²) in [6.07, 6.45) is 0.182. The van der Waals surface area contributed by atoms with Crippen molar-refractivity contribution in [1.82, 2.24) is 5.43 Å². The number of fused-ring (bicyclic) bond motifs is 1. The molecule has 178 valence electrons. The Bertz CT molecular complexity index is 1340. The molecule has 7 heteroatoms. The molecule has 35 heavy (non-hydrogen) atoms. The van der Waals surface area contributed by atoms with Crippen molar-refractivity contribution in [2.24, 2.45) is 5.10 Å². The van der Waals surface area contributed by atoms with E-state index in [2.05, 4.69) is 44.7 Å². The average Bonchev–Trinajstić information content (AvgIpc) is 2.88. The number of halogens is 1. The summed E-state index contributed by atoms with van der Waals surface area (Å²) in [5.41, 5.74) is 4.63. The lowest BCUT2D eigenvalue weighted by atomic mass is 10.1. The molecule has 1 amide bonds. The lowest BCUT2D eigenvalue weighted by molar-refractivity contribution is -0.129. The van der Waals surface area contributed by atoms with Crippen molar-refractivity contribution in [2.75, 3.05) is 6.61 Å². The van der Waals surface area contributed by atoms with E-state index in [0.717, 1.165) is 16.3 Å². The molecule has 0 spiro atoms. The molecule has 0 heterocycles. The second-order valence-corrected chi connectivity index (χ2v) is 8.59. The van der Waals surface area contributed by atoms with Gasteiger partial charge in [-0.05, 0) is 62.4 Å². The van der Waals surface area contributed by atoms with E-state index < -0.39 is 12.0 Å². The van der Waals surface area contributed by atoms with Gasteiger partial charge in [-0.15, -0.1) is 0 Å². The summed E-state index contributed by atoms with van der Waals surface area (Å²) in [5, 5.41) is 16.5. The van der Waals surface area contributed by atoms with E-state index in [1.807, 2.05) is 43.3 Å². The number of carbonyl (C=O) groups excluding carboxylic acids is 1. The monoisotopic (exact) mass is 532 g/mol. The zero-order chi connectivity index (χ0) is 24.6. The normalized spacial score (nSPS) is 12.0. The average molecular weight is 533 g/mol. The highest BCUT2D eigenvalue weighted by atomic mass is 79.9. The largest absolute Gasteiger partial charge is 0.490 e. The maximum atomic E-state index is 12.2. The molecular weight excluding hydrogens is 508 g/mol. The molecular formula is C28H25BrN2O4. The lowest BCUT2D eigenvalue weighted by Crippen LogP contribution is -2.25. The van der Waals surface area contributed by atoms with Crippen LogP contribution in [0.3, 0.4) is 0 Å². The number of nitrogens with one attached hydrogen (secondary N) is 1. The van der Waals surface area contributed by atoms with Crippen LogP contribution in [0.5, 0.6) is 11.5 Å². The molecule has 0 aromatic heterocycles. The third-order valence-electron chi connectivity index (χ3n) is 5.34. The van der Waals surface area contributed by atoms with Crippen molar-refractivity contribution < 1.29 is 19.4 Å². The van der Waals surface area contributed by atoms with Crippen LogP contribution in [0.25, 0.3) is 10.8 Å². The van der Waals surface area contributed by atoms with E-state index in [0.29, 0.717) is 40.3 Å². The molecule has 0 aliphatic heterocycles. The molecule has 4 aromatic rings. The van der Waals surface area contributed by atoms with E-state index in [1.54, 1.807) is 30.3 Å².